The summed E-state index contributed by atoms with van der Waals surface area (Å²) in [5.41, 5.74) is 7.27. The average Bonchev–Trinajstić information content (AvgIpc) is 2.61. The van der Waals surface area contributed by atoms with Gasteiger partial charge >= 0.3 is 0 Å². The molecule has 0 bridgehead atoms. The second-order valence-corrected chi connectivity index (χ2v) is 5.44. The molecule has 132 valence electrons. The first-order valence-electron chi connectivity index (χ1n) is 8.01. The van der Waals surface area contributed by atoms with E-state index in [9.17, 15) is 9.59 Å². The molecule has 4 N–H and O–H groups in total. The van der Waals surface area contributed by atoms with Crippen LogP contribution >= 0.6 is 0 Å². The van der Waals surface area contributed by atoms with Crippen LogP contribution in [-0.4, -0.2) is 29.9 Å². The van der Waals surface area contributed by atoms with Gasteiger partial charge in [-0.3, -0.25) is 14.6 Å². The van der Waals surface area contributed by atoms with Crippen LogP contribution in [0.5, 0.6) is 5.75 Å². The highest BCUT2D eigenvalue weighted by Gasteiger charge is 2.12. The highest BCUT2D eigenvalue weighted by molar-refractivity contribution is 5.96. The SMILES string of the molecule is CC(=O)Nc1ccc(C(=O)NCCCN)cc1OCc1cccnc1. The summed E-state index contributed by atoms with van der Waals surface area (Å²) in [4.78, 5) is 27.6. The molecular weight excluding hydrogens is 320 g/mol. The standard InChI is InChI=1S/C18H22N4O3/c1-13(23)22-16-6-5-15(18(24)21-9-3-7-19)10-17(16)25-12-14-4-2-8-20-11-14/h2,4-6,8,10-11H,3,7,9,12,19H2,1H3,(H,21,24)(H,22,23). The van der Waals surface area contributed by atoms with E-state index in [1.807, 2.05) is 12.1 Å². The molecule has 0 aliphatic heterocycles. The molecule has 1 heterocycles. The zero-order chi connectivity index (χ0) is 18.1. The van der Waals surface area contributed by atoms with E-state index in [1.165, 1.54) is 6.92 Å². The number of hydrogen-bond donors (Lipinski definition) is 3. The maximum Gasteiger partial charge on any atom is 0.251 e. The van der Waals surface area contributed by atoms with Crippen LogP contribution in [0.15, 0.2) is 42.7 Å². The van der Waals surface area contributed by atoms with Crippen molar-refractivity contribution in [1.29, 1.82) is 0 Å². The van der Waals surface area contributed by atoms with E-state index in [-0.39, 0.29) is 18.4 Å². The molecule has 7 heteroatoms. The molecule has 25 heavy (non-hydrogen) atoms. The lowest BCUT2D eigenvalue weighted by atomic mass is 10.1. The Hall–Kier alpha value is -2.93. The second kappa shape index (κ2) is 9.39. The highest BCUT2D eigenvalue weighted by Crippen LogP contribution is 2.27. The van der Waals surface area contributed by atoms with Crippen molar-refractivity contribution in [3.63, 3.8) is 0 Å². The Balaban J connectivity index is 2.15. The Bertz CT molecular complexity index is 720. The third-order valence-corrected chi connectivity index (χ3v) is 3.34. The predicted octanol–water partition coefficient (Wildman–Crippen LogP) is 1.70. The van der Waals surface area contributed by atoms with Crippen LogP contribution in [0.25, 0.3) is 0 Å². The molecule has 2 amide bonds. The van der Waals surface area contributed by atoms with Gasteiger partial charge in [-0.05, 0) is 37.2 Å². The minimum atomic E-state index is -0.216. The number of rotatable bonds is 8. The Morgan fingerprint density at radius 1 is 1.28 bits per heavy atom. The van der Waals surface area contributed by atoms with Crippen LogP contribution < -0.4 is 21.1 Å². The Morgan fingerprint density at radius 2 is 2.12 bits per heavy atom. The summed E-state index contributed by atoms with van der Waals surface area (Å²) in [5.74, 6) is -0.00837. The number of carbonyl (C=O) groups excluding carboxylic acids is 2. The molecule has 1 aromatic carbocycles. The number of hydrogen-bond acceptors (Lipinski definition) is 5. The van der Waals surface area contributed by atoms with Gasteiger partial charge in [0.15, 0.2) is 0 Å². The number of amides is 2. The molecule has 7 nitrogen and oxygen atoms in total. The average molecular weight is 342 g/mol. The Labute approximate surface area is 146 Å². The van der Waals surface area contributed by atoms with E-state index in [0.29, 0.717) is 36.5 Å². The normalized spacial score (nSPS) is 10.2. The fourth-order valence-corrected chi connectivity index (χ4v) is 2.13. The van der Waals surface area contributed by atoms with Crippen molar-refractivity contribution in [2.24, 2.45) is 5.73 Å². The fourth-order valence-electron chi connectivity index (χ4n) is 2.13. The molecular formula is C18H22N4O3. The number of nitrogens with one attached hydrogen (secondary N) is 2. The van der Waals surface area contributed by atoms with Crippen LogP contribution in [-0.2, 0) is 11.4 Å². The summed E-state index contributed by atoms with van der Waals surface area (Å²) >= 11 is 0. The molecule has 2 aromatic rings. The van der Waals surface area contributed by atoms with Gasteiger partial charge in [-0.1, -0.05) is 6.07 Å². The number of aromatic nitrogens is 1. The summed E-state index contributed by atoms with van der Waals surface area (Å²) in [6.07, 6.45) is 4.08. The number of ether oxygens (including phenoxy) is 1. The molecule has 0 atom stereocenters. The maximum absolute atomic E-state index is 12.2. The molecule has 0 spiro atoms. The molecule has 2 rings (SSSR count). The van der Waals surface area contributed by atoms with Gasteiger partial charge in [0.2, 0.25) is 5.91 Å². The van der Waals surface area contributed by atoms with Crippen molar-refractivity contribution in [1.82, 2.24) is 10.3 Å². The predicted molar refractivity (Wildman–Crippen MR) is 95.3 cm³/mol. The first-order chi connectivity index (χ1) is 12.1. The van der Waals surface area contributed by atoms with Crippen LogP contribution in [0, 0.1) is 0 Å². The van der Waals surface area contributed by atoms with Crippen LogP contribution in [0.4, 0.5) is 5.69 Å². The van der Waals surface area contributed by atoms with Crippen LogP contribution in [0.3, 0.4) is 0 Å². The van der Waals surface area contributed by atoms with Crippen molar-refractivity contribution in [2.45, 2.75) is 20.0 Å². The molecule has 0 unspecified atom stereocenters. The van der Waals surface area contributed by atoms with Crippen molar-refractivity contribution in [3.8, 4) is 5.75 Å². The first kappa shape index (κ1) is 18.4. The third-order valence-electron chi connectivity index (χ3n) is 3.34. The van der Waals surface area contributed by atoms with Gasteiger partial charge in [0.05, 0.1) is 5.69 Å². The summed E-state index contributed by atoms with van der Waals surface area (Å²) in [6.45, 7) is 2.72. The number of anilines is 1. The van der Waals surface area contributed by atoms with Crippen molar-refractivity contribution < 1.29 is 14.3 Å². The topological polar surface area (TPSA) is 106 Å². The van der Waals surface area contributed by atoms with Gasteiger partial charge in [0.25, 0.3) is 5.91 Å². The van der Waals surface area contributed by atoms with E-state index in [0.717, 1.165) is 5.56 Å². The molecule has 0 saturated heterocycles. The van der Waals surface area contributed by atoms with Crippen molar-refractivity contribution in [3.05, 3.63) is 53.9 Å². The second-order valence-electron chi connectivity index (χ2n) is 5.44. The summed E-state index contributed by atoms with van der Waals surface area (Å²) in [5, 5.41) is 5.49. The van der Waals surface area contributed by atoms with Crippen molar-refractivity contribution >= 4 is 17.5 Å². The van der Waals surface area contributed by atoms with E-state index < -0.39 is 0 Å². The molecule has 0 fully saturated rings. The number of nitrogens with zero attached hydrogens (tertiary/aromatic N) is 1. The molecule has 1 aromatic heterocycles. The van der Waals surface area contributed by atoms with Gasteiger partial charge in [-0.15, -0.1) is 0 Å². The summed E-state index contributed by atoms with van der Waals surface area (Å²) < 4.78 is 5.79. The molecule has 0 saturated carbocycles. The number of pyridine rings is 1. The fraction of sp³-hybridized carbons (Fsp3) is 0.278. The van der Waals surface area contributed by atoms with Gasteiger partial charge < -0.3 is 21.1 Å². The van der Waals surface area contributed by atoms with Gasteiger partial charge in [0.1, 0.15) is 12.4 Å². The first-order valence-corrected chi connectivity index (χ1v) is 8.01. The largest absolute Gasteiger partial charge is 0.487 e. The summed E-state index contributed by atoms with van der Waals surface area (Å²) in [7, 11) is 0. The van der Waals surface area contributed by atoms with Crippen LogP contribution in [0.2, 0.25) is 0 Å². The van der Waals surface area contributed by atoms with E-state index >= 15 is 0 Å². The lowest BCUT2D eigenvalue weighted by molar-refractivity contribution is -0.114. The molecule has 0 aliphatic carbocycles. The molecule has 0 radical (unpaired) electrons. The smallest absolute Gasteiger partial charge is 0.251 e. The Kier molecular flexibility index (Phi) is 6.91. The van der Waals surface area contributed by atoms with Crippen molar-refractivity contribution in [2.75, 3.05) is 18.4 Å². The number of benzene rings is 1. The maximum atomic E-state index is 12.2. The van der Waals surface area contributed by atoms with Gasteiger partial charge in [0, 0.05) is 37.0 Å². The lowest BCUT2D eigenvalue weighted by Gasteiger charge is -2.13. The summed E-state index contributed by atoms with van der Waals surface area (Å²) in [6, 6.07) is 8.60. The van der Waals surface area contributed by atoms with E-state index in [4.69, 9.17) is 10.5 Å². The zero-order valence-electron chi connectivity index (χ0n) is 14.1. The minimum Gasteiger partial charge on any atom is -0.487 e. The quantitative estimate of drug-likeness (QED) is 0.633. The van der Waals surface area contributed by atoms with Gasteiger partial charge in [-0.25, -0.2) is 0 Å². The monoisotopic (exact) mass is 342 g/mol. The minimum absolute atomic E-state index is 0.214. The number of nitrogens with two attached hydrogens (primary N) is 1. The van der Waals surface area contributed by atoms with E-state index in [2.05, 4.69) is 15.6 Å². The zero-order valence-corrected chi connectivity index (χ0v) is 14.1. The van der Waals surface area contributed by atoms with E-state index in [1.54, 1.807) is 30.6 Å². The third kappa shape index (κ3) is 5.89. The highest BCUT2D eigenvalue weighted by atomic mass is 16.5. The van der Waals surface area contributed by atoms with Crippen LogP contribution in [0.1, 0.15) is 29.3 Å². The molecule has 0 aliphatic rings. The van der Waals surface area contributed by atoms with Gasteiger partial charge in [-0.2, -0.15) is 0 Å². The lowest BCUT2D eigenvalue weighted by Crippen LogP contribution is -2.26. The number of carbonyl (C=O) groups is 2. The Morgan fingerprint density at radius 3 is 2.80 bits per heavy atom.